The Morgan fingerprint density at radius 2 is 1.69 bits per heavy atom. The Balaban J connectivity index is 0.000000451. The first-order valence-electron chi connectivity index (χ1n) is 12.9. The topological polar surface area (TPSA) is 99.0 Å². The number of halogens is 7. The van der Waals surface area contributed by atoms with Crippen LogP contribution in [-0.4, -0.2) is 81.2 Å². The highest BCUT2D eigenvalue weighted by molar-refractivity contribution is 6.30. The number of carboxylic acid groups (broad SMARTS) is 1. The van der Waals surface area contributed by atoms with Gasteiger partial charge in [0.2, 0.25) is 5.82 Å². The average Bonchev–Trinajstić information content (AvgIpc) is 3.47. The van der Waals surface area contributed by atoms with Crippen LogP contribution in [0.25, 0.3) is 10.9 Å². The summed E-state index contributed by atoms with van der Waals surface area (Å²) in [5.74, 6) is -2.83. The van der Waals surface area contributed by atoms with Crippen LogP contribution in [0.15, 0.2) is 42.5 Å². The van der Waals surface area contributed by atoms with Crippen LogP contribution in [0, 0.1) is 0 Å². The Labute approximate surface area is 240 Å². The van der Waals surface area contributed by atoms with Gasteiger partial charge in [-0.2, -0.15) is 26.3 Å². The van der Waals surface area contributed by atoms with Crippen LogP contribution in [0.3, 0.4) is 0 Å². The number of ether oxygens (including phenoxy) is 1. The van der Waals surface area contributed by atoms with Gasteiger partial charge in [-0.3, -0.25) is 4.90 Å². The predicted molar refractivity (Wildman–Crippen MR) is 140 cm³/mol. The van der Waals surface area contributed by atoms with Gasteiger partial charge >= 0.3 is 18.3 Å². The van der Waals surface area contributed by atoms with Crippen molar-refractivity contribution in [1.82, 2.24) is 14.9 Å². The van der Waals surface area contributed by atoms with E-state index in [1.54, 1.807) is 29.2 Å². The van der Waals surface area contributed by atoms with Crippen LogP contribution >= 0.6 is 11.6 Å². The van der Waals surface area contributed by atoms with Gasteiger partial charge in [0, 0.05) is 55.9 Å². The van der Waals surface area contributed by atoms with Gasteiger partial charge in [0.15, 0.2) is 0 Å². The number of likely N-dealkylation sites (tertiary alicyclic amines) is 1. The van der Waals surface area contributed by atoms with Gasteiger partial charge in [-0.25, -0.2) is 14.8 Å². The number of aliphatic carboxylic acids is 1. The van der Waals surface area contributed by atoms with Crippen LogP contribution in [-0.2, 0) is 17.4 Å². The molecule has 0 radical (unpaired) electrons. The van der Waals surface area contributed by atoms with E-state index < -0.39 is 30.3 Å². The monoisotopic (exact) mass is 618 g/mol. The first-order chi connectivity index (χ1) is 19.6. The largest absolute Gasteiger partial charge is 0.490 e. The zero-order chi connectivity index (χ0) is 30.4. The summed E-state index contributed by atoms with van der Waals surface area (Å²) in [7, 11) is 0. The van der Waals surface area contributed by atoms with Crippen molar-refractivity contribution in [3.63, 3.8) is 0 Å². The predicted octanol–water partition coefficient (Wildman–Crippen LogP) is 4.95. The normalized spacial score (nSPS) is 22.0. The summed E-state index contributed by atoms with van der Waals surface area (Å²) in [5, 5.41) is 19.3. The van der Waals surface area contributed by atoms with E-state index in [4.69, 9.17) is 26.2 Å². The molecule has 8 nitrogen and oxygen atoms in total. The van der Waals surface area contributed by atoms with E-state index >= 15 is 0 Å². The first kappa shape index (κ1) is 30.1. The molecular weight excluding hydrogens is 594 g/mol. The van der Waals surface area contributed by atoms with E-state index in [9.17, 15) is 31.4 Å². The number of piperidine rings is 1. The minimum absolute atomic E-state index is 0.200. The second-order valence-corrected chi connectivity index (χ2v) is 10.9. The molecule has 226 valence electrons. The summed E-state index contributed by atoms with van der Waals surface area (Å²) in [6.45, 7) is 2.07. The molecule has 2 N–H and O–H groups in total. The van der Waals surface area contributed by atoms with Gasteiger partial charge in [-0.15, -0.1) is 0 Å². The van der Waals surface area contributed by atoms with E-state index in [0.29, 0.717) is 17.0 Å². The van der Waals surface area contributed by atoms with Crippen molar-refractivity contribution in [2.45, 2.75) is 49.4 Å². The minimum Gasteiger partial charge on any atom is -0.487 e. The number of hydrogen-bond acceptors (Lipinski definition) is 7. The minimum atomic E-state index is -5.08. The summed E-state index contributed by atoms with van der Waals surface area (Å²) in [6.07, 6.45) is -8.02. The number of aliphatic hydroxyl groups excluding tert-OH is 1. The molecular formula is C27H25ClF6N4O4. The SMILES string of the molecule is O=C(O)C(F)(F)F.O[C@@H]1CN(c2nc(C(F)(F)F)nc3ccccc23)CC1N1CCC2(CC1)Cc1cc(Cl)ccc1O2. The number of fused-ring (bicyclic) bond motifs is 2. The molecule has 3 aliphatic rings. The number of carbonyl (C=O) groups is 1. The number of alkyl halides is 6. The third-order valence-electron chi connectivity index (χ3n) is 7.68. The summed E-state index contributed by atoms with van der Waals surface area (Å²) in [6, 6.07) is 12.2. The number of aliphatic hydroxyl groups is 1. The number of carboxylic acids is 1. The molecule has 2 atom stereocenters. The van der Waals surface area contributed by atoms with Crippen molar-refractivity contribution in [3.05, 3.63) is 58.9 Å². The number of rotatable bonds is 2. The summed E-state index contributed by atoms with van der Waals surface area (Å²) in [4.78, 5) is 20.5. The molecule has 0 amide bonds. The summed E-state index contributed by atoms with van der Waals surface area (Å²) in [5.41, 5.74) is 1.09. The van der Waals surface area contributed by atoms with Crippen LogP contribution in [0.5, 0.6) is 5.75 Å². The number of para-hydroxylation sites is 1. The molecule has 2 fully saturated rings. The molecule has 0 aliphatic carbocycles. The average molecular weight is 619 g/mol. The van der Waals surface area contributed by atoms with Gasteiger partial charge in [0.25, 0.3) is 0 Å². The zero-order valence-corrected chi connectivity index (χ0v) is 22.5. The van der Waals surface area contributed by atoms with Crippen LogP contribution in [0.2, 0.25) is 5.02 Å². The van der Waals surface area contributed by atoms with E-state index in [2.05, 4.69) is 14.9 Å². The third-order valence-corrected chi connectivity index (χ3v) is 7.91. The fourth-order valence-electron chi connectivity index (χ4n) is 5.67. The van der Waals surface area contributed by atoms with Gasteiger partial charge < -0.3 is 19.8 Å². The molecule has 42 heavy (non-hydrogen) atoms. The van der Waals surface area contributed by atoms with Crippen molar-refractivity contribution in [1.29, 1.82) is 0 Å². The van der Waals surface area contributed by atoms with E-state index in [-0.39, 0.29) is 29.5 Å². The standard InChI is InChI=1S/C25H24ClF3N4O2.C2HF3O2/c26-16-5-6-21-15(11-16)12-24(35-21)7-9-32(10-8-24)19-13-33(14-20(19)34)22-17-3-1-2-4-18(17)30-23(31-22)25(27,28)29;3-2(4,5)1(6)7/h1-6,11,19-20,34H,7-10,12-14H2;(H,6,7)/t19?,20-;/m1./s1. The second kappa shape index (κ2) is 11.0. The van der Waals surface area contributed by atoms with Gasteiger partial charge in [0.05, 0.1) is 17.7 Å². The Bertz CT molecular complexity index is 1480. The highest BCUT2D eigenvalue weighted by Gasteiger charge is 2.46. The van der Waals surface area contributed by atoms with E-state index in [1.165, 1.54) is 0 Å². The lowest BCUT2D eigenvalue weighted by atomic mass is 9.86. The number of nitrogens with zero attached hydrogens (tertiary/aromatic N) is 4. The number of hydrogen-bond donors (Lipinski definition) is 2. The Morgan fingerprint density at radius 1 is 1.02 bits per heavy atom. The van der Waals surface area contributed by atoms with Crippen molar-refractivity contribution < 1.29 is 46.1 Å². The van der Waals surface area contributed by atoms with Crippen molar-refractivity contribution in [2.75, 3.05) is 31.1 Å². The lowest BCUT2D eigenvalue weighted by Gasteiger charge is -2.41. The molecule has 4 heterocycles. The number of benzene rings is 2. The Kier molecular flexibility index (Phi) is 7.92. The van der Waals surface area contributed by atoms with Gasteiger partial charge in [-0.1, -0.05) is 23.7 Å². The molecule has 1 aromatic heterocycles. The summed E-state index contributed by atoms with van der Waals surface area (Å²) >= 11 is 6.14. The fraction of sp³-hybridized carbons (Fsp3) is 0.444. The summed E-state index contributed by atoms with van der Waals surface area (Å²) < 4.78 is 78.5. The molecule has 6 rings (SSSR count). The molecule has 3 aromatic rings. The first-order valence-corrected chi connectivity index (χ1v) is 13.3. The molecule has 0 saturated carbocycles. The van der Waals surface area contributed by atoms with Crippen molar-refractivity contribution in [2.24, 2.45) is 0 Å². The highest BCUT2D eigenvalue weighted by atomic mass is 35.5. The number of anilines is 1. The molecule has 2 saturated heterocycles. The second-order valence-electron chi connectivity index (χ2n) is 10.5. The number of β-amino-alcohol motifs (C(OH)–C–C–N with tert-alkyl or cyclic N) is 1. The molecule has 1 unspecified atom stereocenters. The van der Waals surface area contributed by atoms with E-state index in [1.807, 2.05) is 18.2 Å². The van der Waals surface area contributed by atoms with Gasteiger partial charge in [-0.05, 0) is 35.9 Å². The molecule has 0 bridgehead atoms. The van der Waals surface area contributed by atoms with Crippen LogP contribution in [0.4, 0.5) is 32.2 Å². The molecule has 2 aromatic carbocycles. The lowest BCUT2D eigenvalue weighted by Crippen LogP contribution is -2.53. The van der Waals surface area contributed by atoms with Crippen molar-refractivity contribution in [3.8, 4) is 5.75 Å². The maximum absolute atomic E-state index is 13.5. The lowest BCUT2D eigenvalue weighted by molar-refractivity contribution is -0.192. The number of aromatic nitrogens is 2. The van der Waals surface area contributed by atoms with Crippen LogP contribution < -0.4 is 9.64 Å². The van der Waals surface area contributed by atoms with Crippen LogP contribution in [0.1, 0.15) is 24.2 Å². The maximum Gasteiger partial charge on any atom is 0.490 e. The molecule has 3 aliphatic heterocycles. The maximum atomic E-state index is 13.5. The Hall–Kier alpha value is -3.36. The molecule has 1 spiro atoms. The van der Waals surface area contributed by atoms with Gasteiger partial charge in [0.1, 0.15) is 17.2 Å². The zero-order valence-electron chi connectivity index (χ0n) is 21.8. The quantitative estimate of drug-likeness (QED) is 0.389. The fourth-order valence-corrected chi connectivity index (χ4v) is 5.87. The Morgan fingerprint density at radius 3 is 2.33 bits per heavy atom. The van der Waals surface area contributed by atoms with E-state index in [0.717, 1.165) is 43.7 Å². The molecule has 15 heteroatoms. The third kappa shape index (κ3) is 6.20. The highest BCUT2D eigenvalue weighted by Crippen LogP contribution is 2.43. The smallest absolute Gasteiger partial charge is 0.487 e. The van der Waals surface area contributed by atoms with Crippen molar-refractivity contribution >= 4 is 34.3 Å².